The number of nitrogens with zero attached hydrogens (tertiary/aromatic N) is 1. The Labute approximate surface area is 117 Å². The van der Waals surface area contributed by atoms with Gasteiger partial charge in [0, 0.05) is 6.54 Å². The van der Waals surface area contributed by atoms with Crippen LogP contribution in [0, 0.1) is 0 Å². The van der Waals surface area contributed by atoms with Gasteiger partial charge in [-0.25, -0.2) is 4.98 Å². The average Bonchev–Trinajstić information content (AvgIpc) is 2.46. The molecule has 0 amide bonds. The third kappa shape index (κ3) is 3.51. The van der Waals surface area contributed by atoms with Crippen molar-refractivity contribution in [2.75, 3.05) is 19.5 Å². The maximum Gasteiger partial charge on any atom is 0.161 e. The SMILES string of the molecule is COc1ccc(CNc2ccc(Cl)nc2)cc1OC. The Bertz CT molecular complexity index is 544. The van der Waals surface area contributed by atoms with Crippen LogP contribution in [0.15, 0.2) is 36.5 Å². The number of aromatic nitrogens is 1. The predicted molar refractivity (Wildman–Crippen MR) is 76.1 cm³/mol. The molecule has 4 nitrogen and oxygen atoms in total. The van der Waals surface area contributed by atoms with Gasteiger partial charge in [-0.1, -0.05) is 17.7 Å². The molecule has 1 heterocycles. The fourth-order valence-corrected chi connectivity index (χ4v) is 1.79. The van der Waals surface area contributed by atoms with Gasteiger partial charge in [0.1, 0.15) is 5.15 Å². The number of ether oxygens (including phenoxy) is 2. The highest BCUT2D eigenvalue weighted by atomic mass is 35.5. The molecule has 1 aromatic heterocycles. The monoisotopic (exact) mass is 278 g/mol. The van der Waals surface area contributed by atoms with E-state index >= 15 is 0 Å². The molecule has 0 aliphatic rings. The van der Waals surface area contributed by atoms with Gasteiger partial charge < -0.3 is 14.8 Å². The van der Waals surface area contributed by atoms with Gasteiger partial charge >= 0.3 is 0 Å². The van der Waals surface area contributed by atoms with E-state index in [1.807, 2.05) is 24.3 Å². The van der Waals surface area contributed by atoms with Crippen molar-refractivity contribution in [2.24, 2.45) is 0 Å². The van der Waals surface area contributed by atoms with Crippen molar-refractivity contribution in [1.29, 1.82) is 0 Å². The van der Waals surface area contributed by atoms with E-state index < -0.39 is 0 Å². The molecular weight excluding hydrogens is 264 g/mol. The molecule has 0 aliphatic heterocycles. The van der Waals surface area contributed by atoms with Crippen LogP contribution in [0.3, 0.4) is 0 Å². The van der Waals surface area contributed by atoms with Crippen molar-refractivity contribution < 1.29 is 9.47 Å². The third-order valence-corrected chi connectivity index (χ3v) is 2.90. The lowest BCUT2D eigenvalue weighted by Gasteiger charge is -2.10. The zero-order chi connectivity index (χ0) is 13.7. The number of anilines is 1. The number of rotatable bonds is 5. The Balaban J connectivity index is 2.05. The van der Waals surface area contributed by atoms with Crippen molar-refractivity contribution in [2.45, 2.75) is 6.54 Å². The summed E-state index contributed by atoms with van der Waals surface area (Å²) in [7, 11) is 3.24. The molecule has 0 unspecified atom stereocenters. The van der Waals surface area contributed by atoms with Crippen LogP contribution in [0.25, 0.3) is 0 Å². The standard InChI is InChI=1S/C14H15ClN2O2/c1-18-12-5-3-10(7-13(12)19-2)8-16-11-4-6-14(15)17-9-11/h3-7,9,16H,8H2,1-2H3. The molecule has 0 radical (unpaired) electrons. The molecule has 0 aliphatic carbocycles. The topological polar surface area (TPSA) is 43.4 Å². The molecule has 2 rings (SSSR count). The highest BCUT2D eigenvalue weighted by molar-refractivity contribution is 6.29. The van der Waals surface area contributed by atoms with Crippen molar-refractivity contribution >= 4 is 17.3 Å². The Morgan fingerprint density at radius 3 is 2.53 bits per heavy atom. The lowest BCUT2D eigenvalue weighted by Crippen LogP contribution is -2.00. The van der Waals surface area contributed by atoms with Gasteiger partial charge in [0.15, 0.2) is 11.5 Å². The molecule has 0 saturated carbocycles. The normalized spacial score (nSPS) is 10.1. The number of halogens is 1. The first-order chi connectivity index (χ1) is 9.22. The first-order valence-electron chi connectivity index (χ1n) is 5.79. The molecule has 0 saturated heterocycles. The predicted octanol–water partition coefficient (Wildman–Crippen LogP) is 3.36. The first kappa shape index (κ1) is 13.5. The van der Waals surface area contributed by atoms with E-state index in [4.69, 9.17) is 21.1 Å². The lowest BCUT2D eigenvalue weighted by atomic mass is 10.2. The molecule has 0 atom stereocenters. The Hall–Kier alpha value is -1.94. The van der Waals surface area contributed by atoms with E-state index in [-0.39, 0.29) is 0 Å². The molecule has 5 heteroatoms. The van der Waals surface area contributed by atoms with E-state index in [1.54, 1.807) is 26.5 Å². The summed E-state index contributed by atoms with van der Waals surface area (Å²) in [5.74, 6) is 1.44. The van der Waals surface area contributed by atoms with Crippen LogP contribution in [0.5, 0.6) is 11.5 Å². The van der Waals surface area contributed by atoms with Gasteiger partial charge in [0.25, 0.3) is 0 Å². The van der Waals surface area contributed by atoms with Gasteiger partial charge in [-0.2, -0.15) is 0 Å². The largest absolute Gasteiger partial charge is 0.493 e. The Morgan fingerprint density at radius 1 is 1.11 bits per heavy atom. The van der Waals surface area contributed by atoms with Crippen molar-refractivity contribution in [3.63, 3.8) is 0 Å². The van der Waals surface area contributed by atoms with Crippen molar-refractivity contribution in [3.05, 3.63) is 47.2 Å². The number of pyridine rings is 1. The molecule has 0 fully saturated rings. The second kappa shape index (κ2) is 6.29. The van der Waals surface area contributed by atoms with Crippen LogP contribution in [0.2, 0.25) is 5.15 Å². The van der Waals surface area contributed by atoms with E-state index in [0.717, 1.165) is 22.7 Å². The fourth-order valence-electron chi connectivity index (χ4n) is 1.68. The minimum atomic E-state index is 0.483. The zero-order valence-electron chi connectivity index (χ0n) is 10.8. The zero-order valence-corrected chi connectivity index (χ0v) is 11.6. The summed E-state index contributed by atoms with van der Waals surface area (Å²) in [6.45, 7) is 0.670. The van der Waals surface area contributed by atoms with Crippen LogP contribution < -0.4 is 14.8 Å². The second-order valence-corrected chi connectivity index (χ2v) is 4.30. The summed E-state index contributed by atoms with van der Waals surface area (Å²) < 4.78 is 10.5. The number of methoxy groups -OCH3 is 2. The van der Waals surface area contributed by atoms with Crippen LogP contribution >= 0.6 is 11.6 Å². The lowest BCUT2D eigenvalue weighted by molar-refractivity contribution is 0.354. The van der Waals surface area contributed by atoms with Crippen LogP contribution in [-0.4, -0.2) is 19.2 Å². The minimum Gasteiger partial charge on any atom is -0.493 e. The second-order valence-electron chi connectivity index (χ2n) is 3.91. The fraction of sp³-hybridized carbons (Fsp3) is 0.214. The van der Waals surface area contributed by atoms with E-state index in [1.165, 1.54) is 0 Å². The van der Waals surface area contributed by atoms with Crippen LogP contribution in [0.4, 0.5) is 5.69 Å². The van der Waals surface area contributed by atoms with Gasteiger partial charge in [-0.3, -0.25) is 0 Å². The molecule has 1 aromatic carbocycles. The van der Waals surface area contributed by atoms with E-state index in [2.05, 4.69) is 10.3 Å². The Morgan fingerprint density at radius 2 is 1.89 bits per heavy atom. The molecule has 0 bridgehead atoms. The number of nitrogens with one attached hydrogen (secondary N) is 1. The first-order valence-corrected chi connectivity index (χ1v) is 6.17. The number of benzene rings is 1. The maximum atomic E-state index is 5.73. The van der Waals surface area contributed by atoms with Crippen LogP contribution in [0.1, 0.15) is 5.56 Å². The summed E-state index contributed by atoms with van der Waals surface area (Å²) in [4.78, 5) is 4.01. The summed E-state index contributed by atoms with van der Waals surface area (Å²) in [6.07, 6.45) is 1.70. The van der Waals surface area contributed by atoms with Crippen molar-refractivity contribution in [3.8, 4) is 11.5 Å². The van der Waals surface area contributed by atoms with Gasteiger partial charge in [0.2, 0.25) is 0 Å². The minimum absolute atomic E-state index is 0.483. The summed E-state index contributed by atoms with van der Waals surface area (Å²) in [5, 5.41) is 3.74. The summed E-state index contributed by atoms with van der Waals surface area (Å²) >= 11 is 5.73. The van der Waals surface area contributed by atoms with Gasteiger partial charge in [-0.05, 0) is 29.8 Å². The molecule has 100 valence electrons. The van der Waals surface area contributed by atoms with Crippen LogP contribution in [-0.2, 0) is 6.54 Å². The van der Waals surface area contributed by atoms with E-state index in [0.29, 0.717) is 11.7 Å². The summed E-state index contributed by atoms with van der Waals surface area (Å²) in [6, 6.07) is 9.44. The maximum absolute atomic E-state index is 5.73. The highest BCUT2D eigenvalue weighted by Crippen LogP contribution is 2.27. The quantitative estimate of drug-likeness (QED) is 0.852. The Kier molecular flexibility index (Phi) is 4.47. The molecular formula is C14H15ClN2O2. The summed E-state index contributed by atoms with van der Waals surface area (Å²) in [5.41, 5.74) is 2.01. The number of hydrogen-bond acceptors (Lipinski definition) is 4. The van der Waals surface area contributed by atoms with E-state index in [9.17, 15) is 0 Å². The molecule has 0 spiro atoms. The van der Waals surface area contributed by atoms with Gasteiger partial charge in [0.05, 0.1) is 26.1 Å². The number of hydrogen-bond donors (Lipinski definition) is 1. The third-order valence-electron chi connectivity index (χ3n) is 2.67. The molecule has 19 heavy (non-hydrogen) atoms. The van der Waals surface area contributed by atoms with Crippen molar-refractivity contribution in [1.82, 2.24) is 4.98 Å². The average molecular weight is 279 g/mol. The molecule has 1 N–H and O–H groups in total. The van der Waals surface area contributed by atoms with Gasteiger partial charge in [-0.15, -0.1) is 0 Å². The smallest absolute Gasteiger partial charge is 0.161 e. The highest BCUT2D eigenvalue weighted by Gasteiger charge is 2.04. The molecule has 2 aromatic rings.